The maximum Gasteiger partial charge on any atom is 0.391 e. The maximum absolute atomic E-state index is 12.8. The van der Waals surface area contributed by atoms with Crippen molar-refractivity contribution in [1.29, 1.82) is 0 Å². The molecule has 0 heterocycles. The van der Waals surface area contributed by atoms with Crippen LogP contribution in [0.4, 0.5) is 13.2 Å². The molecule has 0 aromatic rings. The molecule has 2 atom stereocenters. The second-order valence-electron chi connectivity index (χ2n) is 6.75. The number of halogens is 4. The van der Waals surface area contributed by atoms with Crippen molar-refractivity contribution in [2.24, 2.45) is 16.3 Å². The van der Waals surface area contributed by atoms with Crippen LogP contribution < -0.4 is 10.6 Å². The molecule has 22 heavy (non-hydrogen) atoms. The third-order valence-corrected chi connectivity index (χ3v) is 4.54. The minimum absolute atomic E-state index is 0. The first-order valence-electron chi connectivity index (χ1n) is 7.94. The topological polar surface area (TPSA) is 36.4 Å². The highest BCUT2D eigenvalue weighted by atomic mass is 127. The van der Waals surface area contributed by atoms with E-state index in [4.69, 9.17) is 0 Å². The Balaban J connectivity index is 0.00000242. The molecular weight excluding hydrogens is 406 g/mol. The molecule has 2 aliphatic rings. The van der Waals surface area contributed by atoms with Crippen LogP contribution in [0.25, 0.3) is 0 Å². The van der Waals surface area contributed by atoms with Crippen molar-refractivity contribution < 1.29 is 13.2 Å². The number of hydrogen-bond acceptors (Lipinski definition) is 1. The Morgan fingerprint density at radius 1 is 1.27 bits per heavy atom. The van der Waals surface area contributed by atoms with Gasteiger partial charge in [-0.3, -0.25) is 4.99 Å². The van der Waals surface area contributed by atoms with Gasteiger partial charge in [0.25, 0.3) is 0 Å². The van der Waals surface area contributed by atoms with Crippen LogP contribution in [0.15, 0.2) is 4.99 Å². The lowest BCUT2D eigenvalue weighted by Gasteiger charge is -2.32. The van der Waals surface area contributed by atoms with E-state index in [9.17, 15) is 13.2 Å². The molecule has 0 bridgehead atoms. The Morgan fingerprint density at radius 3 is 2.50 bits per heavy atom. The van der Waals surface area contributed by atoms with E-state index in [1.165, 1.54) is 12.8 Å². The average Bonchev–Trinajstić information content (AvgIpc) is 3.14. The molecule has 0 radical (unpaired) electrons. The van der Waals surface area contributed by atoms with Gasteiger partial charge in [-0.25, -0.2) is 0 Å². The summed E-state index contributed by atoms with van der Waals surface area (Å²) in [5.41, 5.74) is 0.309. The SMILES string of the molecule is CCNC(=NCC1(C)CC1)NC1CCCC(C(F)(F)F)C1.I. The molecule has 2 rings (SSSR count). The zero-order valence-electron chi connectivity index (χ0n) is 13.3. The van der Waals surface area contributed by atoms with Crippen LogP contribution in [0.1, 0.15) is 52.4 Å². The first-order chi connectivity index (χ1) is 9.82. The fourth-order valence-corrected chi connectivity index (χ4v) is 2.77. The van der Waals surface area contributed by atoms with Crippen molar-refractivity contribution in [3.8, 4) is 0 Å². The third kappa shape index (κ3) is 6.12. The van der Waals surface area contributed by atoms with E-state index in [-0.39, 0.29) is 42.9 Å². The number of rotatable bonds is 4. The Bertz CT molecular complexity index is 381. The summed E-state index contributed by atoms with van der Waals surface area (Å²) in [5.74, 6) is -0.508. The molecule has 0 aromatic heterocycles. The molecule has 2 saturated carbocycles. The van der Waals surface area contributed by atoms with E-state index in [0.29, 0.717) is 17.8 Å². The van der Waals surface area contributed by atoms with Gasteiger partial charge < -0.3 is 10.6 Å². The third-order valence-electron chi connectivity index (χ3n) is 4.54. The molecular formula is C15H27F3IN3. The summed E-state index contributed by atoms with van der Waals surface area (Å²) in [4.78, 5) is 4.54. The number of aliphatic imine (C=N–C) groups is 1. The van der Waals surface area contributed by atoms with E-state index < -0.39 is 12.1 Å². The molecule has 130 valence electrons. The first-order valence-corrected chi connectivity index (χ1v) is 7.94. The summed E-state index contributed by atoms with van der Waals surface area (Å²) in [6.07, 6.45) is 0.133. The number of hydrogen-bond donors (Lipinski definition) is 2. The molecule has 2 unspecified atom stereocenters. The van der Waals surface area contributed by atoms with Gasteiger partial charge >= 0.3 is 6.18 Å². The highest BCUT2D eigenvalue weighted by Gasteiger charge is 2.42. The smallest absolute Gasteiger partial charge is 0.357 e. The van der Waals surface area contributed by atoms with Crippen LogP contribution >= 0.6 is 24.0 Å². The van der Waals surface area contributed by atoms with Crippen LogP contribution in [-0.2, 0) is 0 Å². The molecule has 0 aromatic carbocycles. The molecule has 2 fully saturated rings. The normalized spacial score (nSPS) is 27.8. The Hall–Kier alpha value is -0.210. The Labute approximate surface area is 147 Å². The van der Waals surface area contributed by atoms with Gasteiger partial charge in [-0.15, -0.1) is 24.0 Å². The van der Waals surface area contributed by atoms with Crippen LogP contribution in [0.5, 0.6) is 0 Å². The van der Waals surface area contributed by atoms with E-state index in [2.05, 4.69) is 22.5 Å². The Morgan fingerprint density at radius 2 is 1.95 bits per heavy atom. The summed E-state index contributed by atoms with van der Waals surface area (Å²) in [6.45, 7) is 5.63. The quantitative estimate of drug-likeness (QED) is 0.398. The number of nitrogens with zero attached hydrogens (tertiary/aromatic N) is 1. The molecule has 0 saturated heterocycles. The second-order valence-corrected chi connectivity index (χ2v) is 6.75. The lowest BCUT2D eigenvalue weighted by Crippen LogP contribution is -2.47. The Kier molecular flexibility index (Phi) is 7.26. The van der Waals surface area contributed by atoms with Crippen molar-refractivity contribution in [3.05, 3.63) is 0 Å². The van der Waals surface area contributed by atoms with Gasteiger partial charge in [0.1, 0.15) is 0 Å². The van der Waals surface area contributed by atoms with Crippen molar-refractivity contribution in [1.82, 2.24) is 10.6 Å². The molecule has 0 amide bonds. The van der Waals surface area contributed by atoms with Gasteiger partial charge in [-0.1, -0.05) is 13.3 Å². The summed E-state index contributed by atoms with van der Waals surface area (Å²) in [7, 11) is 0. The molecule has 0 spiro atoms. The zero-order chi connectivity index (χ0) is 15.5. The first kappa shape index (κ1) is 19.8. The van der Waals surface area contributed by atoms with Crippen molar-refractivity contribution in [2.45, 2.75) is 64.6 Å². The van der Waals surface area contributed by atoms with Crippen LogP contribution in [0.3, 0.4) is 0 Å². The van der Waals surface area contributed by atoms with E-state index in [0.717, 1.165) is 19.5 Å². The monoisotopic (exact) mass is 433 g/mol. The highest BCUT2D eigenvalue weighted by Crippen LogP contribution is 2.45. The lowest BCUT2D eigenvalue weighted by atomic mass is 9.85. The van der Waals surface area contributed by atoms with Gasteiger partial charge in [-0.05, 0) is 44.4 Å². The largest absolute Gasteiger partial charge is 0.391 e. The van der Waals surface area contributed by atoms with Crippen molar-refractivity contribution in [3.63, 3.8) is 0 Å². The van der Waals surface area contributed by atoms with Gasteiger partial charge in [0.15, 0.2) is 5.96 Å². The standard InChI is InChI=1S/C15H26F3N3.HI/c1-3-19-13(20-10-14(2)7-8-14)21-12-6-4-5-11(9-12)15(16,17)18;/h11-12H,3-10H2,1-2H3,(H2,19,20,21);1H. The lowest BCUT2D eigenvalue weighted by molar-refractivity contribution is -0.183. The number of guanidine groups is 1. The van der Waals surface area contributed by atoms with E-state index >= 15 is 0 Å². The van der Waals surface area contributed by atoms with Gasteiger partial charge in [-0.2, -0.15) is 13.2 Å². The fourth-order valence-electron chi connectivity index (χ4n) is 2.77. The second kappa shape index (κ2) is 8.06. The van der Waals surface area contributed by atoms with E-state index in [1.54, 1.807) is 0 Å². The van der Waals surface area contributed by atoms with E-state index in [1.807, 2.05) is 6.92 Å². The van der Waals surface area contributed by atoms with Crippen LogP contribution in [0.2, 0.25) is 0 Å². The predicted molar refractivity (Wildman–Crippen MR) is 93.7 cm³/mol. The van der Waals surface area contributed by atoms with Crippen molar-refractivity contribution >= 4 is 29.9 Å². The summed E-state index contributed by atoms with van der Waals surface area (Å²) in [6, 6.07) is -0.129. The average molecular weight is 433 g/mol. The van der Waals surface area contributed by atoms with Crippen LogP contribution in [0, 0.1) is 11.3 Å². The number of nitrogens with one attached hydrogen (secondary N) is 2. The molecule has 7 heteroatoms. The highest BCUT2D eigenvalue weighted by molar-refractivity contribution is 14.0. The van der Waals surface area contributed by atoms with Crippen molar-refractivity contribution in [2.75, 3.05) is 13.1 Å². The minimum Gasteiger partial charge on any atom is -0.357 e. The maximum atomic E-state index is 12.8. The molecule has 2 N–H and O–H groups in total. The molecule has 3 nitrogen and oxygen atoms in total. The van der Waals surface area contributed by atoms with Gasteiger partial charge in [0.05, 0.1) is 5.92 Å². The molecule has 0 aliphatic heterocycles. The number of alkyl halides is 3. The molecule has 2 aliphatic carbocycles. The fraction of sp³-hybridized carbons (Fsp3) is 0.933. The van der Waals surface area contributed by atoms with Gasteiger partial charge in [0.2, 0.25) is 0 Å². The summed E-state index contributed by atoms with van der Waals surface area (Å²) < 4.78 is 38.5. The van der Waals surface area contributed by atoms with Gasteiger partial charge in [0, 0.05) is 19.1 Å². The zero-order valence-corrected chi connectivity index (χ0v) is 15.6. The minimum atomic E-state index is -4.07. The summed E-state index contributed by atoms with van der Waals surface area (Å²) in [5, 5.41) is 6.34. The predicted octanol–water partition coefficient (Wildman–Crippen LogP) is 4.08. The summed E-state index contributed by atoms with van der Waals surface area (Å²) >= 11 is 0. The van der Waals surface area contributed by atoms with Crippen LogP contribution in [-0.4, -0.2) is 31.3 Å².